The number of amides is 1. The molecule has 2 heterocycles. The molecule has 3 aromatic rings. The van der Waals surface area contributed by atoms with E-state index < -0.39 is 0 Å². The van der Waals surface area contributed by atoms with Gasteiger partial charge in [-0.25, -0.2) is 0 Å². The average molecular weight is 344 g/mol. The van der Waals surface area contributed by atoms with Gasteiger partial charge in [0.25, 0.3) is 0 Å². The van der Waals surface area contributed by atoms with Crippen LogP contribution in [0.4, 0.5) is 5.69 Å². The molecule has 0 aliphatic rings. The van der Waals surface area contributed by atoms with Crippen molar-refractivity contribution >= 4 is 29.0 Å². The van der Waals surface area contributed by atoms with Gasteiger partial charge in [0.1, 0.15) is 11.5 Å². The largest absolute Gasteiger partial charge is 0.497 e. The van der Waals surface area contributed by atoms with Crippen molar-refractivity contribution in [2.75, 3.05) is 25.3 Å². The average Bonchev–Trinajstić information content (AvgIpc) is 3.03. The van der Waals surface area contributed by atoms with Crippen LogP contribution in [0.2, 0.25) is 0 Å². The molecule has 0 atom stereocenters. The maximum Gasteiger partial charge on any atom is 0.234 e. The van der Waals surface area contributed by atoms with Crippen LogP contribution in [-0.4, -0.2) is 40.5 Å². The predicted octanol–water partition coefficient (Wildman–Crippen LogP) is 2.48. The quantitative estimate of drug-likeness (QED) is 0.692. The Labute approximate surface area is 143 Å². The van der Waals surface area contributed by atoms with Crippen molar-refractivity contribution in [3.63, 3.8) is 0 Å². The Hall–Kier alpha value is -2.74. The summed E-state index contributed by atoms with van der Waals surface area (Å²) in [7, 11) is 3.12. The van der Waals surface area contributed by atoms with Crippen molar-refractivity contribution in [3.05, 3.63) is 42.6 Å². The van der Waals surface area contributed by atoms with Crippen molar-refractivity contribution < 1.29 is 14.3 Å². The Balaban J connectivity index is 1.68. The van der Waals surface area contributed by atoms with Gasteiger partial charge in [-0.2, -0.15) is 0 Å². The minimum atomic E-state index is -0.167. The van der Waals surface area contributed by atoms with Gasteiger partial charge in [0.15, 0.2) is 10.8 Å². The number of rotatable bonds is 6. The smallest absolute Gasteiger partial charge is 0.234 e. The fraction of sp³-hybridized carbons (Fsp3) is 0.188. The summed E-state index contributed by atoms with van der Waals surface area (Å²) in [6, 6.07) is 10.9. The van der Waals surface area contributed by atoms with Gasteiger partial charge >= 0.3 is 0 Å². The third-order valence-electron chi connectivity index (χ3n) is 3.30. The molecule has 124 valence electrons. The van der Waals surface area contributed by atoms with Crippen LogP contribution in [0.1, 0.15) is 0 Å². The molecule has 2 aromatic heterocycles. The van der Waals surface area contributed by atoms with Gasteiger partial charge in [0.05, 0.1) is 25.7 Å². The second kappa shape index (κ2) is 7.22. The van der Waals surface area contributed by atoms with Crippen LogP contribution >= 0.6 is 11.8 Å². The van der Waals surface area contributed by atoms with E-state index in [0.29, 0.717) is 22.3 Å². The number of methoxy groups -OCH3 is 2. The number of thioether (sulfide) groups is 1. The summed E-state index contributed by atoms with van der Waals surface area (Å²) in [6.07, 6.45) is 1.86. The lowest BCUT2D eigenvalue weighted by Crippen LogP contribution is -2.15. The number of carbonyl (C=O) groups is 1. The van der Waals surface area contributed by atoms with Crippen LogP contribution in [0.15, 0.2) is 47.8 Å². The third-order valence-corrected chi connectivity index (χ3v) is 4.24. The number of hydrogen-bond donors (Lipinski definition) is 1. The van der Waals surface area contributed by atoms with E-state index in [4.69, 9.17) is 9.47 Å². The summed E-state index contributed by atoms with van der Waals surface area (Å²) in [4.78, 5) is 12.2. The number of benzene rings is 1. The minimum Gasteiger partial charge on any atom is -0.497 e. The van der Waals surface area contributed by atoms with Crippen LogP contribution in [0.25, 0.3) is 5.65 Å². The Morgan fingerprint density at radius 2 is 2.08 bits per heavy atom. The highest BCUT2D eigenvalue weighted by atomic mass is 32.2. The number of hydrogen-bond acceptors (Lipinski definition) is 6. The SMILES string of the molecule is COc1ccc(OC)c(NC(=O)CSc2nnc3ccccn23)c1. The van der Waals surface area contributed by atoms with Crippen LogP contribution in [0.3, 0.4) is 0 Å². The molecular weight excluding hydrogens is 328 g/mol. The molecule has 1 amide bonds. The van der Waals surface area contributed by atoms with Gasteiger partial charge in [-0.1, -0.05) is 17.8 Å². The Bertz CT molecular complexity index is 865. The molecule has 7 nitrogen and oxygen atoms in total. The molecule has 0 aliphatic heterocycles. The number of carbonyl (C=O) groups excluding carboxylic acids is 1. The van der Waals surface area contributed by atoms with Crippen molar-refractivity contribution in [1.82, 2.24) is 14.6 Å². The van der Waals surface area contributed by atoms with Crippen molar-refractivity contribution in [2.45, 2.75) is 5.16 Å². The van der Waals surface area contributed by atoms with E-state index in [0.717, 1.165) is 5.65 Å². The molecule has 1 N–H and O–H groups in total. The Morgan fingerprint density at radius 3 is 2.88 bits per heavy atom. The van der Waals surface area contributed by atoms with Crippen LogP contribution < -0.4 is 14.8 Å². The maximum atomic E-state index is 12.2. The molecule has 1 aromatic carbocycles. The highest BCUT2D eigenvalue weighted by Gasteiger charge is 2.12. The van der Waals surface area contributed by atoms with Crippen LogP contribution in [0.5, 0.6) is 11.5 Å². The van der Waals surface area contributed by atoms with E-state index in [-0.39, 0.29) is 11.7 Å². The fourth-order valence-corrected chi connectivity index (χ4v) is 2.87. The summed E-state index contributed by atoms with van der Waals surface area (Å²) < 4.78 is 12.3. The summed E-state index contributed by atoms with van der Waals surface area (Å²) in [6.45, 7) is 0. The first-order valence-corrected chi connectivity index (χ1v) is 8.14. The molecule has 0 saturated carbocycles. The lowest BCUT2D eigenvalue weighted by Gasteiger charge is -2.11. The molecule has 0 fully saturated rings. The van der Waals surface area contributed by atoms with Gasteiger partial charge in [0.2, 0.25) is 5.91 Å². The number of fused-ring (bicyclic) bond motifs is 1. The van der Waals surface area contributed by atoms with E-state index in [1.807, 2.05) is 28.8 Å². The normalized spacial score (nSPS) is 10.6. The predicted molar refractivity (Wildman–Crippen MR) is 91.9 cm³/mol. The molecule has 0 bridgehead atoms. The van der Waals surface area contributed by atoms with Gasteiger partial charge in [0, 0.05) is 12.3 Å². The zero-order valence-corrected chi connectivity index (χ0v) is 14.0. The molecule has 0 saturated heterocycles. The highest BCUT2D eigenvalue weighted by Crippen LogP contribution is 2.29. The monoisotopic (exact) mass is 344 g/mol. The summed E-state index contributed by atoms with van der Waals surface area (Å²) in [5, 5.41) is 11.6. The maximum absolute atomic E-state index is 12.2. The second-order valence-electron chi connectivity index (χ2n) is 4.81. The first kappa shape index (κ1) is 16.1. The molecule has 24 heavy (non-hydrogen) atoms. The van der Waals surface area contributed by atoms with E-state index in [1.54, 1.807) is 32.4 Å². The number of anilines is 1. The number of ether oxygens (including phenoxy) is 2. The highest BCUT2D eigenvalue weighted by molar-refractivity contribution is 7.99. The fourth-order valence-electron chi connectivity index (χ4n) is 2.15. The number of aromatic nitrogens is 3. The Kier molecular flexibility index (Phi) is 4.85. The number of pyridine rings is 1. The molecular formula is C16H16N4O3S. The first-order valence-electron chi connectivity index (χ1n) is 7.15. The van der Waals surface area contributed by atoms with E-state index in [9.17, 15) is 4.79 Å². The zero-order chi connectivity index (χ0) is 16.9. The summed E-state index contributed by atoms with van der Waals surface area (Å²) in [5.74, 6) is 1.25. The van der Waals surface area contributed by atoms with Crippen molar-refractivity contribution in [2.24, 2.45) is 0 Å². The summed E-state index contributed by atoms with van der Waals surface area (Å²) >= 11 is 1.31. The standard InChI is InChI=1S/C16H16N4O3S/c1-22-11-6-7-13(23-2)12(9-11)17-15(21)10-24-16-19-18-14-5-3-4-8-20(14)16/h3-9H,10H2,1-2H3,(H,17,21). The molecule has 0 radical (unpaired) electrons. The van der Waals surface area contributed by atoms with Crippen molar-refractivity contribution in [1.29, 1.82) is 0 Å². The molecule has 0 unspecified atom stereocenters. The molecule has 3 rings (SSSR count). The topological polar surface area (TPSA) is 77.8 Å². The lowest BCUT2D eigenvalue weighted by atomic mass is 10.2. The Morgan fingerprint density at radius 1 is 1.21 bits per heavy atom. The van der Waals surface area contributed by atoms with E-state index in [2.05, 4.69) is 15.5 Å². The lowest BCUT2D eigenvalue weighted by molar-refractivity contribution is -0.113. The molecule has 8 heteroatoms. The van der Waals surface area contributed by atoms with Gasteiger partial charge in [-0.05, 0) is 24.3 Å². The van der Waals surface area contributed by atoms with Gasteiger partial charge in [-0.15, -0.1) is 10.2 Å². The van der Waals surface area contributed by atoms with Crippen LogP contribution in [0, 0.1) is 0 Å². The molecule has 0 spiro atoms. The number of nitrogens with zero attached hydrogens (tertiary/aromatic N) is 3. The van der Waals surface area contributed by atoms with Crippen molar-refractivity contribution in [3.8, 4) is 11.5 Å². The van der Waals surface area contributed by atoms with E-state index in [1.165, 1.54) is 11.8 Å². The van der Waals surface area contributed by atoms with Crippen LogP contribution in [-0.2, 0) is 4.79 Å². The van der Waals surface area contributed by atoms with Gasteiger partial charge in [-0.3, -0.25) is 9.20 Å². The summed E-state index contributed by atoms with van der Waals surface area (Å²) in [5.41, 5.74) is 1.31. The second-order valence-corrected chi connectivity index (χ2v) is 5.76. The zero-order valence-electron chi connectivity index (χ0n) is 13.2. The minimum absolute atomic E-state index is 0.167. The number of nitrogens with one attached hydrogen (secondary N) is 1. The first-order chi connectivity index (χ1) is 11.7. The third kappa shape index (κ3) is 3.43. The molecule has 0 aliphatic carbocycles. The van der Waals surface area contributed by atoms with Gasteiger partial charge < -0.3 is 14.8 Å². The van der Waals surface area contributed by atoms with E-state index >= 15 is 0 Å².